The molecular weight excluding hydrogens is 148 g/mol. The Kier molecular flexibility index (Phi) is 8.57. The lowest BCUT2D eigenvalue weighted by Gasteiger charge is -2.13. The van der Waals surface area contributed by atoms with Gasteiger partial charge in [-0.15, -0.1) is 6.58 Å². The molecule has 0 saturated heterocycles. The molecule has 1 nitrogen and oxygen atoms in total. The molecule has 12 heavy (non-hydrogen) atoms. The van der Waals surface area contributed by atoms with Crippen LogP contribution in [0.25, 0.3) is 0 Å². The van der Waals surface area contributed by atoms with Gasteiger partial charge in [0.1, 0.15) is 0 Å². The third-order valence-electron chi connectivity index (χ3n) is 2.24. The van der Waals surface area contributed by atoms with E-state index in [0.717, 1.165) is 25.2 Å². The Morgan fingerprint density at radius 3 is 2.50 bits per heavy atom. The number of hydrogen-bond donors (Lipinski definition) is 1. The second-order valence-corrected chi connectivity index (χ2v) is 3.40. The Morgan fingerprint density at radius 2 is 2.00 bits per heavy atom. The molecule has 0 aromatic rings. The first-order chi connectivity index (χ1) is 5.85. The molecule has 1 unspecified atom stereocenters. The molecule has 0 aromatic carbocycles. The van der Waals surface area contributed by atoms with Crippen molar-refractivity contribution in [3.8, 4) is 0 Å². The molecule has 0 bridgehead atoms. The van der Waals surface area contributed by atoms with Crippen LogP contribution in [-0.2, 0) is 0 Å². The van der Waals surface area contributed by atoms with Crippen LogP contribution in [-0.4, -0.2) is 11.7 Å². The summed E-state index contributed by atoms with van der Waals surface area (Å²) in [6.45, 7) is 6.31. The molecule has 1 heteroatoms. The molecule has 0 saturated carbocycles. The normalized spacial score (nSPS) is 12.8. The molecule has 0 aliphatic carbocycles. The minimum atomic E-state index is 0.333. The monoisotopic (exact) mass is 170 g/mol. The lowest BCUT2D eigenvalue weighted by atomic mass is 9.94. The number of hydrogen-bond acceptors (Lipinski definition) is 1. The predicted molar refractivity (Wildman–Crippen MR) is 54.1 cm³/mol. The summed E-state index contributed by atoms with van der Waals surface area (Å²) < 4.78 is 0. The molecule has 72 valence electrons. The zero-order chi connectivity index (χ0) is 9.23. The van der Waals surface area contributed by atoms with Crippen molar-refractivity contribution >= 4 is 0 Å². The van der Waals surface area contributed by atoms with Gasteiger partial charge in [0.25, 0.3) is 0 Å². The first kappa shape index (κ1) is 11.7. The lowest BCUT2D eigenvalue weighted by Crippen LogP contribution is -2.00. The Balaban J connectivity index is 3.46. The van der Waals surface area contributed by atoms with E-state index in [2.05, 4.69) is 13.5 Å². The number of unbranched alkanes of at least 4 members (excludes halogenated alkanes) is 1. The Bertz CT molecular complexity index is 91.2. The standard InChI is InChI=1S/C11H22O/c1-3-5-8-11(7-4-2)9-6-10-12/h4,11-12H,2-3,5-10H2,1H3. The van der Waals surface area contributed by atoms with E-state index in [1.54, 1.807) is 0 Å². The smallest absolute Gasteiger partial charge is 0.0431 e. The summed E-state index contributed by atoms with van der Waals surface area (Å²) in [4.78, 5) is 0. The molecule has 0 rings (SSSR count). The first-order valence-corrected chi connectivity index (χ1v) is 5.06. The Hall–Kier alpha value is -0.300. The average molecular weight is 170 g/mol. The van der Waals surface area contributed by atoms with E-state index in [0.29, 0.717) is 6.61 Å². The van der Waals surface area contributed by atoms with Gasteiger partial charge in [-0.05, 0) is 25.2 Å². The van der Waals surface area contributed by atoms with Crippen LogP contribution >= 0.6 is 0 Å². The van der Waals surface area contributed by atoms with E-state index in [4.69, 9.17) is 5.11 Å². The number of allylic oxidation sites excluding steroid dienone is 1. The molecule has 0 fully saturated rings. The van der Waals surface area contributed by atoms with Gasteiger partial charge in [-0.1, -0.05) is 32.3 Å². The summed E-state index contributed by atoms with van der Waals surface area (Å²) >= 11 is 0. The highest BCUT2D eigenvalue weighted by Gasteiger charge is 2.04. The molecule has 0 aliphatic rings. The van der Waals surface area contributed by atoms with E-state index in [-0.39, 0.29) is 0 Å². The topological polar surface area (TPSA) is 20.2 Å². The first-order valence-electron chi connectivity index (χ1n) is 5.06. The third-order valence-corrected chi connectivity index (χ3v) is 2.24. The summed E-state index contributed by atoms with van der Waals surface area (Å²) in [6, 6.07) is 0. The fourth-order valence-corrected chi connectivity index (χ4v) is 1.49. The second kappa shape index (κ2) is 8.79. The Morgan fingerprint density at radius 1 is 1.33 bits per heavy atom. The molecule has 0 aliphatic heterocycles. The van der Waals surface area contributed by atoms with E-state index in [9.17, 15) is 0 Å². The highest BCUT2D eigenvalue weighted by molar-refractivity contribution is 4.73. The van der Waals surface area contributed by atoms with Gasteiger partial charge in [0.15, 0.2) is 0 Å². The van der Waals surface area contributed by atoms with Crippen molar-refractivity contribution in [1.82, 2.24) is 0 Å². The number of rotatable bonds is 8. The summed E-state index contributed by atoms with van der Waals surface area (Å²) in [5.41, 5.74) is 0. The van der Waals surface area contributed by atoms with Crippen molar-refractivity contribution in [3.05, 3.63) is 12.7 Å². The van der Waals surface area contributed by atoms with Crippen LogP contribution in [0.2, 0.25) is 0 Å². The quantitative estimate of drug-likeness (QED) is 0.555. The van der Waals surface area contributed by atoms with E-state index < -0.39 is 0 Å². The van der Waals surface area contributed by atoms with E-state index in [1.807, 2.05) is 6.08 Å². The van der Waals surface area contributed by atoms with Crippen molar-refractivity contribution in [2.24, 2.45) is 5.92 Å². The van der Waals surface area contributed by atoms with Crippen LogP contribution < -0.4 is 0 Å². The van der Waals surface area contributed by atoms with Crippen LogP contribution in [0.5, 0.6) is 0 Å². The maximum Gasteiger partial charge on any atom is 0.0431 e. The SMILES string of the molecule is C=CCC(CCCC)CCCO. The molecular formula is C11H22O. The summed E-state index contributed by atoms with van der Waals surface area (Å²) in [5, 5.41) is 8.68. The highest BCUT2D eigenvalue weighted by Crippen LogP contribution is 2.18. The molecule has 1 atom stereocenters. The van der Waals surface area contributed by atoms with Gasteiger partial charge in [-0.25, -0.2) is 0 Å². The maximum atomic E-state index is 8.68. The molecule has 0 aromatic heterocycles. The van der Waals surface area contributed by atoms with Gasteiger partial charge in [0.05, 0.1) is 0 Å². The van der Waals surface area contributed by atoms with E-state index in [1.165, 1.54) is 19.3 Å². The average Bonchev–Trinajstić information content (AvgIpc) is 2.10. The fraction of sp³-hybridized carbons (Fsp3) is 0.818. The summed E-state index contributed by atoms with van der Waals surface area (Å²) in [6.07, 6.45) is 9.08. The maximum absolute atomic E-state index is 8.68. The molecule has 0 spiro atoms. The largest absolute Gasteiger partial charge is 0.396 e. The van der Waals surface area contributed by atoms with Crippen LogP contribution in [0.4, 0.5) is 0 Å². The van der Waals surface area contributed by atoms with Gasteiger partial charge in [0.2, 0.25) is 0 Å². The van der Waals surface area contributed by atoms with Crippen molar-refractivity contribution < 1.29 is 5.11 Å². The van der Waals surface area contributed by atoms with Crippen LogP contribution in [0.1, 0.15) is 45.4 Å². The van der Waals surface area contributed by atoms with E-state index >= 15 is 0 Å². The van der Waals surface area contributed by atoms with Crippen LogP contribution in [0, 0.1) is 5.92 Å². The molecule has 0 radical (unpaired) electrons. The highest BCUT2D eigenvalue weighted by atomic mass is 16.2. The Labute approximate surface area is 76.5 Å². The molecule has 0 heterocycles. The third kappa shape index (κ3) is 6.41. The molecule has 1 N–H and O–H groups in total. The van der Waals surface area contributed by atoms with Crippen LogP contribution in [0.3, 0.4) is 0 Å². The second-order valence-electron chi connectivity index (χ2n) is 3.40. The summed E-state index contributed by atoms with van der Waals surface area (Å²) in [5.74, 6) is 0.759. The number of aliphatic hydroxyl groups is 1. The fourth-order valence-electron chi connectivity index (χ4n) is 1.49. The summed E-state index contributed by atoms with van der Waals surface area (Å²) in [7, 11) is 0. The predicted octanol–water partition coefficient (Wildman–Crippen LogP) is 3.14. The zero-order valence-electron chi connectivity index (χ0n) is 8.26. The van der Waals surface area contributed by atoms with Gasteiger partial charge < -0.3 is 5.11 Å². The molecule has 0 amide bonds. The zero-order valence-corrected chi connectivity index (χ0v) is 8.26. The van der Waals surface area contributed by atoms with Crippen molar-refractivity contribution in [2.75, 3.05) is 6.61 Å². The van der Waals surface area contributed by atoms with Crippen LogP contribution in [0.15, 0.2) is 12.7 Å². The van der Waals surface area contributed by atoms with Crippen molar-refractivity contribution in [3.63, 3.8) is 0 Å². The van der Waals surface area contributed by atoms with Crippen molar-refractivity contribution in [1.29, 1.82) is 0 Å². The minimum Gasteiger partial charge on any atom is -0.396 e. The van der Waals surface area contributed by atoms with Gasteiger partial charge >= 0.3 is 0 Å². The van der Waals surface area contributed by atoms with Crippen molar-refractivity contribution in [2.45, 2.75) is 45.4 Å². The van der Waals surface area contributed by atoms with Gasteiger partial charge in [-0.2, -0.15) is 0 Å². The lowest BCUT2D eigenvalue weighted by molar-refractivity contribution is 0.267. The van der Waals surface area contributed by atoms with Gasteiger partial charge in [0, 0.05) is 6.61 Å². The van der Waals surface area contributed by atoms with Gasteiger partial charge in [-0.3, -0.25) is 0 Å². The number of aliphatic hydroxyl groups excluding tert-OH is 1. The minimum absolute atomic E-state index is 0.333.